The summed E-state index contributed by atoms with van der Waals surface area (Å²) in [7, 11) is 0. The van der Waals surface area contributed by atoms with Gasteiger partial charge in [0.2, 0.25) is 5.91 Å². The molecule has 1 aromatic heterocycles. The first-order valence-electron chi connectivity index (χ1n) is 6.10. The largest absolute Gasteiger partial charge is 0.396 e. The highest BCUT2D eigenvalue weighted by atomic mass is 19.1. The predicted octanol–water partition coefficient (Wildman–Crippen LogP) is 1.76. The molecular weight excluding hydrogens is 247 g/mol. The second kappa shape index (κ2) is 6.99. The van der Waals surface area contributed by atoms with Crippen LogP contribution < -0.4 is 5.32 Å². The Labute approximate surface area is 112 Å². The van der Waals surface area contributed by atoms with Gasteiger partial charge in [-0.05, 0) is 29.5 Å². The molecule has 104 valence electrons. The minimum atomic E-state index is -0.438. The summed E-state index contributed by atoms with van der Waals surface area (Å²) in [5.74, 6) is -0.693. The van der Waals surface area contributed by atoms with E-state index in [2.05, 4.69) is 10.3 Å². The third kappa shape index (κ3) is 6.10. The molecule has 0 bridgehead atoms. The van der Waals surface area contributed by atoms with E-state index in [1.165, 1.54) is 24.4 Å². The van der Waals surface area contributed by atoms with Crippen molar-refractivity contribution in [2.75, 3.05) is 13.2 Å². The molecule has 0 atom stereocenters. The van der Waals surface area contributed by atoms with Gasteiger partial charge in [0.25, 0.3) is 0 Å². The topological polar surface area (TPSA) is 62.2 Å². The number of aliphatic hydroxyl groups excluding tert-OH is 1. The number of carbonyl (C=O) groups excluding carboxylic acids is 1. The van der Waals surface area contributed by atoms with Crippen LogP contribution in [0, 0.1) is 11.2 Å². The van der Waals surface area contributed by atoms with Gasteiger partial charge in [-0.25, -0.2) is 4.39 Å². The molecule has 4 nitrogen and oxygen atoms in total. The van der Waals surface area contributed by atoms with Gasteiger partial charge in [-0.3, -0.25) is 9.78 Å². The number of halogens is 1. The molecule has 0 aromatic carbocycles. The predicted molar refractivity (Wildman–Crippen MR) is 71.7 cm³/mol. The minimum absolute atomic E-state index is 0.0909. The molecule has 0 aliphatic carbocycles. The summed E-state index contributed by atoms with van der Waals surface area (Å²) < 4.78 is 12.9. The van der Waals surface area contributed by atoms with Crippen molar-refractivity contribution in [3.8, 4) is 0 Å². The third-order valence-corrected chi connectivity index (χ3v) is 2.68. The highest BCUT2D eigenvalue weighted by molar-refractivity contribution is 5.91. The summed E-state index contributed by atoms with van der Waals surface area (Å²) in [5, 5.41) is 11.6. The van der Waals surface area contributed by atoms with Crippen molar-refractivity contribution in [1.29, 1.82) is 0 Å². The van der Waals surface area contributed by atoms with E-state index in [9.17, 15) is 9.18 Å². The lowest BCUT2D eigenvalue weighted by atomic mass is 9.90. The van der Waals surface area contributed by atoms with Gasteiger partial charge in [0, 0.05) is 25.4 Å². The van der Waals surface area contributed by atoms with E-state index in [-0.39, 0.29) is 17.9 Å². The molecule has 1 heterocycles. The monoisotopic (exact) mass is 266 g/mol. The molecule has 5 heteroatoms. The molecular formula is C14H19FN2O2. The van der Waals surface area contributed by atoms with E-state index in [0.29, 0.717) is 18.5 Å². The number of aromatic nitrogens is 1. The lowest BCUT2D eigenvalue weighted by Gasteiger charge is -2.23. The van der Waals surface area contributed by atoms with Crippen LogP contribution in [0.1, 0.15) is 25.8 Å². The fourth-order valence-electron chi connectivity index (χ4n) is 1.47. The van der Waals surface area contributed by atoms with Crippen molar-refractivity contribution in [1.82, 2.24) is 10.3 Å². The highest BCUT2D eigenvalue weighted by Crippen LogP contribution is 2.17. The van der Waals surface area contributed by atoms with Crippen molar-refractivity contribution >= 4 is 12.0 Å². The van der Waals surface area contributed by atoms with Crippen LogP contribution in [-0.4, -0.2) is 29.1 Å². The summed E-state index contributed by atoms with van der Waals surface area (Å²) in [5.41, 5.74) is 0.378. The third-order valence-electron chi connectivity index (χ3n) is 2.68. The number of nitrogens with one attached hydrogen (secondary N) is 1. The Bertz CT molecular complexity index is 459. The Morgan fingerprint density at radius 3 is 2.89 bits per heavy atom. The van der Waals surface area contributed by atoms with Crippen LogP contribution in [0.2, 0.25) is 0 Å². The Morgan fingerprint density at radius 2 is 2.26 bits per heavy atom. The Balaban J connectivity index is 2.47. The Kier molecular flexibility index (Phi) is 5.63. The summed E-state index contributed by atoms with van der Waals surface area (Å²) in [6, 6.07) is 1.30. The number of nitrogens with zero attached hydrogens (tertiary/aromatic N) is 1. The first-order valence-corrected chi connectivity index (χ1v) is 6.10. The van der Waals surface area contributed by atoms with Crippen molar-refractivity contribution in [3.63, 3.8) is 0 Å². The quantitative estimate of drug-likeness (QED) is 0.771. The molecule has 0 aliphatic rings. The molecule has 2 N–H and O–H groups in total. The number of hydrogen-bond acceptors (Lipinski definition) is 3. The Morgan fingerprint density at radius 1 is 1.53 bits per heavy atom. The lowest BCUT2D eigenvalue weighted by molar-refractivity contribution is -0.116. The normalized spacial score (nSPS) is 11.8. The number of amides is 1. The lowest BCUT2D eigenvalue weighted by Crippen LogP contribution is -2.33. The standard InChI is InChI=1S/C14H19FN2O2/c1-14(2,5-6-18)10-17-13(19)4-3-11-7-12(15)9-16-8-11/h3-4,7-9,18H,5-6,10H2,1-2H3,(H,17,19)/b4-3+. The average Bonchev–Trinajstić information content (AvgIpc) is 2.34. The van der Waals surface area contributed by atoms with E-state index in [4.69, 9.17) is 5.11 Å². The molecule has 1 aromatic rings. The van der Waals surface area contributed by atoms with Crippen LogP contribution in [0.15, 0.2) is 24.5 Å². The number of pyridine rings is 1. The summed E-state index contributed by atoms with van der Waals surface area (Å²) >= 11 is 0. The maximum atomic E-state index is 12.9. The molecule has 0 unspecified atom stereocenters. The second-order valence-electron chi connectivity index (χ2n) is 5.13. The molecule has 0 aliphatic heterocycles. The van der Waals surface area contributed by atoms with Gasteiger partial charge >= 0.3 is 0 Å². The molecule has 1 rings (SSSR count). The van der Waals surface area contributed by atoms with E-state index in [1.54, 1.807) is 0 Å². The maximum Gasteiger partial charge on any atom is 0.244 e. The van der Waals surface area contributed by atoms with Gasteiger partial charge in [-0.15, -0.1) is 0 Å². The van der Waals surface area contributed by atoms with E-state index < -0.39 is 5.82 Å². The molecule has 0 saturated carbocycles. The molecule has 19 heavy (non-hydrogen) atoms. The van der Waals surface area contributed by atoms with Crippen molar-refractivity contribution in [2.24, 2.45) is 5.41 Å². The van der Waals surface area contributed by atoms with Gasteiger partial charge in [-0.1, -0.05) is 13.8 Å². The van der Waals surface area contributed by atoms with Crippen LogP contribution in [0.5, 0.6) is 0 Å². The van der Waals surface area contributed by atoms with Gasteiger partial charge < -0.3 is 10.4 Å². The second-order valence-corrected chi connectivity index (χ2v) is 5.13. The van der Waals surface area contributed by atoms with Crippen LogP contribution in [-0.2, 0) is 4.79 Å². The molecule has 1 amide bonds. The van der Waals surface area contributed by atoms with Gasteiger partial charge in [0.1, 0.15) is 5.82 Å². The summed E-state index contributed by atoms with van der Waals surface area (Å²) in [6.45, 7) is 4.49. The first kappa shape index (κ1) is 15.3. The smallest absolute Gasteiger partial charge is 0.244 e. The molecule has 0 radical (unpaired) electrons. The first-order chi connectivity index (χ1) is 8.93. The van der Waals surface area contributed by atoms with Crippen molar-refractivity contribution in [2.45, 2.75) is 20.3 Å². The summed E-state index contributed by atoms with van der Waals surface area (Å²) in [6.07, 6.45) is 6.04. The van der Waals surface area contributed by atoms with E-state index in [0.717, 1.165) is 6.20 Å². The number of rotatable bonds is 6. The summed E-state index contributed by atoms with van der Waals surface area (Å²) in [4.78, 5) is 15.3. The van der Waals surface area contributed by atoms with Crippen molar-refractivity contribution < 1.29 is 14.3 Å². The van der Waals surface area contributed by atoms with Crippen molar-refractivity contribution in [3.05, 3.63) is 35.9 Å². The fourth-order valence-corrected chi connectivity index (χ4v) is 1.47. The zero-order chi connectivity index (χ0) is 14.3. The van der Waals surface area contributed by atoms with Gasteiger partial charge in [0.15, 0.2) is 0 Å². The number of hydrogen-bond donors (Lipinski definition) is 2. The van der Waals surface area contributed by atoms with Gasteiger partial charge in [-0.2, -0.15) is 0 Å². The molecule has 0 spiro atoms. The maximum absolute atomic E-state index is 12.9. The minimum Gasteiger partial charge on any atom is -0.396 e. The van der Waals surface area contributed by atoms with Crippen LogP contribution in [0.25, 0.3) is 6.08 Å². The Hall–Kier alpha value is -1.75. The molecule has 0 fully saturated rings. The zero-order valence-corrected chi connectivity index (χ0v) is 11.2. The van der Waals surface area contributed by atoms with Crippen LogP contribution >= 0.6 is 0 Å². The van der Waals surface area contributed by atoms with E-state index in [1.807, 2.05) is 13.8 Å². The highest BCUT2D eigenvalue weighted by Gasteiger charge is 2.17. The number of carbonyl (C=O) groups is 1. The van der Waals surface area contributed by atoms with Crippen LogP contribution in [0.4, 0.5) is 4.39 Å². The zero-order valence-electron chi connectivity index (χ0n) is 11.2. The van der Waals surface area contributed by atoms with E-state index >= 15 is 0 Å². The van der Waals surface area contributed by atoms with Crippen LogP contribution in [0.3, 0.4) is 0 Å². The average molecular weight is 266 g/mol. The fraction of sp³-hybridized carbons (Fsp3) is 0.429. The number of aliphatic hydroxyl groups is 1. The molecule has 0 saturated heterocycles. The van der Waals surface area contributed by atoms with Gasteiger partial charge in [0.05, 0.1) is 6.20 Å². The SMILES string of the molecule is CC(C)(CCO)CNC(=O)/C=C/c1cncc(F)c1.